The third-order valence-electron chi connectivity index (χ3n) is 1.88. The van der Waals surface area contributed by atoms with Gasteiger partial charge in [0.15, 0.2) is 0 Å². The minimum Gasteiger partial charge on any atom is -0.106 e. The number of hydrogen-bond acceptors (Lipinski definition) is 0. The summed E-state index contributed by atoms with van der Waals surface area (Å²) in [7, 11) is 0. The Hall–Kier alpha value is -1.04. The van der Waals surface area contributed by atoms with Crippen LogP contribution in [0.3, 0.4) is 0 Å². The first-order valence-electron chi connectivity index (χ1n) is 4.30. The van der Waals surface area contributed by atoms with Crippen molar-refractivity contribution in [2.45, 2.75) is 27.2 Å². The predicted octanol–water partition coefficient (Wildman–Crippen LogP) is 3.67. The number of aryl methyl sites for hydroxylation is 3. The molecule has 1 rings (SSSR count). The van der Waals surface area contributed by atoms with Crippen molar-refractivity contribution in [1.29, 1.82) is 0 Å². The van der Waals surface area contributed by atoms with Crippen LogP contribution in [0.1, 0.15) is 23.6 Å². The molecule has 0 N–H and O–H groups in total. The predicted molar refractivity (Wildman–Crippen MR) is 56.5 cm³/mol. The maximum Gasteiger partial charge on any atom is -0.0305 e. The molecule has 0 nitrogen and oxygen atoms in total. The maximum absolute atomic E-state index is 3.00. The van der Waals surface area contributed by atoms with Crippen LogP contribution in [0.5, 0.6) is 0 Å². The zero-order chi connectivity index (χ0) is 9.56. The van der Waals surface area contributed by atoms with Crippen molar-refractivity contribution in [3.05, 3.63) is 48.0 Å². The van der Waals surface area contributed by atoms with E-state index in [2.05, 4.69) is 52.1 Å². The lowest BCUT2D eigenvalue weighted by Crippen LogP contribution is -1.85. The first kappa shape index (κ1) is 11.0. The smallest absolute Gasteiger partial charge is 0.0305 e. The van der Waals surface area contributed by atoms with Gasteiger partial charge < -0.3 is 0 Å². The average Bonchev–Trinajstić information content (AvgIpc) is 2.08. The van der Waals surface area contributed by atoms with Crippen LogP contribution in [0, 0.1) is 13.8 Å². The van der Waals surface area contributed by atoms with Gasteiger partial charge in [-0.2, -0.15) is 0 Å². The molecule has 0 fully saturated rings. The van der Waals surface area contributed by atoms with Gasteiger partial charge in [-0.05, 0) is 31.4 Å². The summed E-state index contributed by atoms with van der Waals surface area (Å²) in [6.07, 6.45) is 1.14. The maximum atomic E-state index is 3.00. The van der Waals surface area contributed by atoms with Gasteiger partial charge in [0, 0.05) is 0 Å². The van der Waals surface area contributed by atoms with E-state index in [4.69, 9.17) is 0 Å². The summed E-state index contributed by atoms with van der Waals surface area (Å²) in [5, 5.41) is 0. The molecular formula is C12H18. The summed E-state index contributed by atoms with van der Waals surface area (Å²) in [4.78, 5) is 0. The van der Waals surface area contributed by atoms with E-state index in [0.717, 1.165) is 6.42 Å². The molecule has 0 atom stereocenters. The van der Waals surface area contributed by atoms with Gasteiger partial charge in [-0.1, -0.05) is 30.7 Å². The van der Waals surface area contributed by atoms with Gasteiger partial charge in [0.25, 0.3) is 0 Å². The normalized spacial score (nSPS) is 8.58. The monoisotopic (exact) mass is 162 g/mol. The molecule has 66 valence electrons. The zero-order valence-electron chi connectivity index (χ0n) is 8.35. The quantitative estimate of drug-likeness (QED) is 0.553. The zero-order valence-corrected chi connectivity index (χ0v) is 8.35. The Balaban J connectivity index is 0.000000561. The van der Waals surface area contributed by atoms with Crippen LogP contribution in [-0.2, 0) is 6.42 Å². The Morgan fingerprint density at radius 1 is 1.17 bits per heavy atom. The van der Waals surface area contributed by atoms with Crippen LogP contribution < -0.4 is 0 Å². The van der Waals surface area contributed by atoms with Crippen molar-refractivity contribution in [3.63, 3.8) is 0 Å². The lowest BCUT2D eigenvalue weighted by molar-refractivity contribution is 1.10. The Labute approximate surface area is 75.9 Å². The van der Waals surface area contributed by atoms with E-state index < -0.39 is 0 Å². The first-order chi connectivity index (χ1) is 5.74. The number of benzene rings is 1. The molecule has 0 saturated heterocycles. The van der Waals surface area contributed by atoms with Crippen LogP contribution in [0.4, 0.5) is 0 Å². The second-order valence-corrected chi connectivity index (χ2v) is 2.78. The second-order valence-electron chi connectivity index (χ2n) is 2.78. The Bertz CT molecular complexity index is 236. The molecule has 0 heterocycles. The Morgan fingerprint density at radius 2 is 1.75 bits per heavy atom. The first-order valence-corrected chi connectivity index (χ1v) is 4.30. The summed E-state index contributed by atoms with van der Waals surface area (Å²) in [5.41, 5.74) is 4.24. The highest BCUT2D eigenvalue weighted by Crippen LogP contribution is 2.10. The lowest BCUT2D eigenvalue weighted by atomic mass is 10.0. The van der Waals surface area contributed by atoms with Crippen molar-refractivity contribution < 1.29 is 0 Å². The molecule has 0 aliphatic heterocycles. The number of rotatable bonds is 1. The third-order valence-corrected chi connectivity index (χ3v) is 1.88. The summed E-state index contributed by atoms with van der Waals surface area (Å²) < 4.78 is 0. The second kappa shape index (κ2) is 5.59. The summed E-state index contributed by atoms with van der Waals surface area (Å²) in [6.45, 7) is 12.5. The minimum absolute atomic E-state index is 1.14. The molecular weight excluding hydrogens is 144 g/mol. The molecule has 0 radical (unpaired) electrons. The molecule has 1 aromatic rings. The van der Waals surface area contributed by atoms with Gasteiger partial charge in [-0.25, -0.2) is 0 Å². The lowest BCUT2D eigenvalue weighted by Gasteiger charge is -2.02. The van der Waals surface area contributed by atoms with E-state index >= 15 is 0 Å². The topological polar surface area (TPSA) is 0 Å². The fraction of sp³-hybridized carbons (Fsp3) is 0.333. The Kier molecular flexibility index (Phi) is 5.11. The van der Waals surface area contributed by atoms with E-state index in [-0.39, 0.29) is 0 Å². The molecule has 0 unspecified atom stereocenters. The van der Waals surface area contributed by atoms with Crippen LogP contribution in [0.2, 0.25) is 0 Å². The van der Waals surface area contributed by atoms with E-state index in [0.29, 0.717) is 0 Å². The van der Waals surface area contributed by atoms with Gasteiger partial charge >= 0.3 is 0 Å². The van der Waals surface area contributed by atoms with Crippen molar-refractivity contribution in [2.24, 2.45) is 0 Å². The molecule has 0 saturated carbocycles. The van der Waals surface area contributed by atoms with Crippen LogP contribution >= 0.6 is 0 Å². The van der Waals surface area contributed by atoms with Crippen LogP contribution in [0.25, 0.3) is 0 Å². The third kappa shape index (κ3) is 2.91. The van der Waals surface area contributed by atoms with E-state index in [1.165, 1.54) is 16.7 Å². The van der Waals surface area contributed by atoms with E-state index in [9.17, 15) is 0 Å². The summed E-state index contributed by atoms with van der Waals surface area (Å²) in [5.74, 6) is 0. The van der Waals surface area contributed by atoms with Gasteiger partial charge in [-0.3, -0.25) is 0 Å². The standard InChI is InChI=1S/C10H14.C2H4/c1-4-10-6-5-8(2)7-9(10)3;1-2/h5-7H,4H2,1-3H3;1-2H2. The molecule has 0 bridgehead atoms. The average molecular weight is 162 g/mol. The molecule has 0 aromatic heterocycles. The highest BCUT2D eigenvalue weighted by molar-refractivity contribution is 5.30. The van der Waals surface area contributed by atoms with Gasteiger partial charge in [0.2, 0.25) is 0 Å². The SMILES string of the molecule is C=C.CCc1ccc(C)cc1C. The fourth-order valence-electron chi connectivity index (χ4n) is 1.24. The van der Waals surface area contributed by atoms with Crippen molar-refractivity contribution >= 4 is 0 Å². The van der Waals surface area contributed by atoms with Crippen LogP contribution in [-0.4, -0.2) is 0 Å². The molecule has 0 heteroatoms. The highest BCUT2D eigenvalue weighted by Gasteiger charge is 1.93. The summed E-state index contributed by atoms with van der Waals surface area (Å²) in [6, 6.07) is 6.62. The number of hydrogen-bond donors (Lipinski definition) is 0. The largest absolute Gasteiger partial charge is 0.106 e. The van der Waals surface area contributed by atoms with Crippen LogP contribution in [0.15, 0.2) is 31.4 Å². The molecule has 1 aromatic carbocycles. The fourth-order valence-corrected chi connectivity index (χ4v) is 1.24. The van der Waals surface area contributed by atoms with Crippen molar-refractivity contribution in [3.8, 4) is 0 Å². The van der Waals surface area contributed by atoms with Crippen molar-refractivity contribution in [1.82, 2.24) is 0 Å². The molecule has 12 heavy (non-hydrogen) atoms. The van der Waals surface area contributed by atoms with Gasteiger partial charge in [0.1, 0.15) is 0 Å². The van der Waals surface area contributed by atoms with Gasteiger partial charge in [-0.15, -0.1) is 13.2 Å². The minimum atomic E-state index is 1.14. The van der Waals surface area contributed by atoms with Gasteiger partial charge in [0.05, 0.1) is 0 Å². The highest BCUT2D eigenvalue weighted by atomic mass is 14.0. The van der Waals surface area contributed by atoms with E-state index in [1.807, 2.05) is 0 Å². The Morgan fingerprint density at radius 3 is 2.17 bits per heavy atom. The molecule has 0 amide bonds. The van der Waals surface area contributed by atoms with E-state index in [1.54, 1.807) is 0 Å². The van der Waals surface area contributed by atoms with Crippen molar-refractivity contribution in [2.75, 3.05) is 0 Å². The molecule has 0 spiro atoms. The summed E-state index contributed by atoms with van der Waals surface area (Å²) >= 11 is 0. The molecule has 0 aliphatic carbocycles. The molecule has 0 aliphatic rings.